The third kappa shape index (κ3) is 5.06. The third-order valence-electron chi connectivity index (χ3n) is 4.04. The number of carbonyl (C=O) groups is 1. The van der Waals surface area contributed by atoms with Gasteiger partial charge in [-0.15, -0.1) is 0 Å². The van der Waals surface area contributed by atoms with Crippen LogP contribution in [0.1, 0.15) is 29.8 Å². The molecular formula is C21H21ClFN3O3. The molecule has 29 heavy (non-hydrogen) atoms. The van der Waals surface area contributed by atoms with Crippen molar-refractivity contribution in [3.05, 3.63) is 70.6 Å². The smallest absolute Gasteiger partial charge is 0.257 e. The molecular weight excluding hydrogens is 397 g/mol. The molecule has 0 unspecified atom stereocenters. The van der Waals surface area contributed by atoms with Crippen molar-refractivity contribution >= 4 is 23.3 Å². The van der Waals surface area contributed by atoms with Crippen molar-refractivity contribution in [1.29, 1.82) is 0 Å². The molecule has 3 aromatic rings. The Morgan fingerprint density at radius 1 is 1.14 bits per heavy atom. The maximum Gasteiger partial charge on any atom is 0.257 e. The molecule has 0 atom stereocenters. The SMILES string of the molecule is CCOc1ccc(C(=O)Nc2nn(Cc3ccccc3F)cc2Cl)cc1OCC. The lowest BCUT2D eigenvalue weighted by Crippen LogP contribution is -2.13. The number of nitrogens with zero attached hydrogens (tertiary/aromatic N) is 2. The van der Waals surface area contributed by atoms with Crippen LogP contribution in [0.5, 0.6) is 11.5 Å². The second-order valence-corrected chi connectivity index (χ2v) is 6.50. The summed E-state index contributed by atoms with van der Waals surface area (Å²) in [6, 6.07) is 11.3. The Kier molecular flexibility index (Phi) is 6.72. The van der Waals surface area contributed by atoms with E-state index in [1.807, 2.05) is 13.8 Å². The van der Waals surface area contributed by atoms with E-state index in [9.17, 15) is 9.18 Å². The quantitative estimate of drug-likeness (QED) is 0.573. The number of amides is 1. The van der Waals surface area contributed by atoms with Gasteiger partial charge in [0.05, 0.1) is 19.8 Å². The zero-order chi connectivity index (χ0) is 20.8. The van der Waals surface area contributed by atoms with Crippen LogP contribution in [0.4, 0.5) is 10.2 Å². The Bertz CT molecular complexity index is 1010. The van der Waals surface area contributed by atoms with Gasteiger partial charge in [0.25, 0.3) is 5.91 Å². The van der Waals surface area contributed by atoms with E-state index in [0.717, 1.165) is 0 Å². The summed E-state index contributed by atoms with van der Waals surface area (Å²) in [4.78, 5) is 12.6. The molecule has 6 nitrogen and oxygen atoms in total. The minimum absolute atomic E-state index is 0.194. The number of hydrogen-bond acceptors (Lipinski definition) is 4. The van der Waals surface area contributed by atoms with Crippen LogP contribution in [0, 0.1) is 5.82 Å². The lowest BCUT2D eigenvalue weighted by Gasteiger charge is -2.12. The molecule has 2 aromatic carbocycles. The zero-order valence-electron chi connectivity index (χ0n) is 16.1. The minimum atomic E-state index is -0.396. The van der Waals surface area contributed by atoms with Crippen molar-refractivity contribution < 1.29 is 18.7 Å². The highest BCUT2D eigenvalue weighted by molar-refractivity contribution is 6.33. The van der Waals surface area contributed by atoms with Crippen LogP contribution in [0.25, 0.3) is 0 Å². The van der Waals surface area contributed by atoms with Crippen molar-refractivity contribution in [2.75, 3.05) is 18.5 Å². The number of carbonyl (C=O) groups excluding carboxylic acids is 1. The number of hydrogen-bond donors (Lipinski definition) is 1. The Morgan fingerprint density at radius 3 is 2.59 bits per heavy atom. The summed E-state index contributed by atoms with van der Waals surface area (Å²) in [5.41, 5.74) is 0.842. The first-order valence-electron chi connectivity index (χ1n) is 9.19. The van der Waals surface area contributed by atoms with Crippen molar-refractivity contribution in [2.45, 2.75) is 20.4 Å². The first-order valence-corrected chi connectivity index (χ1v) is 9.57. The van der Waals surface area contributed by atoms with E-state index in [2.05, 4.69) is 10.4 Å². The van der Waals surface area contributed by atoms with Crippen LogP contribution < -0.4 is 14.8 Å². The molecule has 0 aliphatic heterocycles. The van der Waals surface area contributed by atoms with Crippen LogP contribution in [0.2, 0.25) is 5.02 Å². The molecule has 152 valence electrons. The topological polar surface area (TPSA) is 65.4 Å². The van der Waals surface area contributed by atoms with Crippen LogP contribution in [-0.4, -0.2) is 28.9 Å². The Labute approximate surface area is 173 Å². The van der Waals surface area contributed by atoms with Gasteiger partial charge < -0.3 is 14.8 Å². The zero-order valence-corrected chi connectivity index (χ0v) is 16.9. The van der Waals surface area contributed by atoms with Crippen LogP contribution >= 0.6 is 11.6 Å². The van der Waals surface area contributed by atoms with Gasteiger partial charge in [-0.25, -0.2) is 4.39 Å². The molecule has 0 saturated carbocycles. The summed E-state index contributed by atoms with van der Waals surface area (Å²) in [5.74, 6) is 0.519. The second-order valence-electron chi connectivity index (χ2n) is 6.10. The average Bonchev–Trinajstić information content (AvgIpc) is 3.04. The molecule has 0 aliphatic rings. The van der Waals surface area contributed by atoms with Gasteiger partial charge in [-0.1, -0.05) is 29.8 Å². The normalized spacial score (nSPS) is 10.6. The predicted octanol–water partition coefficient (Wildman–Crippen LogP) is 4.77. The van der Waals surface area contributed by atoms with Crippen molar-refractivity contribution in [3.63, 3.8) is 0 Å². The van der Waals surface area contributed by atoms with Crippen molar-refractivity contribution in [2.24, 2.45) is 0 Å². The highest BCUT2D eigenvalue weighted by Crippen LogP contribution is 2.29. The summed E-state index contributed by atoms with van der Waals surface area (Å²) < 4.78 is 26.4. The lowest BCUT2D eigenvalue weighted by molar-refractivity contribution is 0.102. The average molecular weight is 418 g/mol. The summed E-state index contributed by atoms with van der Waals surface area (Å²) in [6.07, 6.45) is 1.54. The highest BCUT2D eigenvalue weighted by atomic mass is 35.5. The van der Waals surface area contributed by atoms with Gasteiger partial charge in [-0.2, -0.15) is 5.10 Å². The van der Waals surface area contributed by atoms with Crippen LogP contribution in [0.3, 0.4) is 0 Å². The summed E-state index contributed by atoms with van der Waals surface area (Å²) in [7, 11) is 0. The van der Waals surface area contributed by atoms with E-state index >= 15 is 0 Å². The maximum absolute atomic E-state index is 13.8. The Hall–Kier alpha value is -3.06. The van der Waals surface area contributed by atoms with Gasteiger partial charge >= 0.3 is 0 Å². The van der Waals surface area contributed by atoms with Crippen LogP contribution in [-0.2, 0) is 6.54 Å². The second kappa shape index (κ2) is 9.43. The monoisotopic (exact) mass is 417 g/mol. The van der Waals surface area contributed by atoms with Gasteiger partial charge in [0.1, 0.15) is 10.8 Å². The summed E-state index contributed by atoms with van der Waals surface area (Å²) >= 11 is 6.19. The van der Waals surface area contributed by atoms with E-state index in [1.54, 1.807) is 36.4 Å². The lowest BCUT2D eigenvalue weighted by atomic mass is 10.2. The van der Waals surface area contributed by atoms with E-state index in [4.69, 9.17) is 21.1 Å². The fraction of sp³-hybridized carbons (Fsp3) is 0.238. The number of anilines is 1. The standard InChI is InChI=1S/C21H21ClFN3O3/c1-3-28-18-10-9-14(11-19(18)29-4-2)21(27)24-20-16(22)13-26(25-20)12-15-7-5-6-8-17(15)23/h5-11,13H,3-4,12H2,1-2H3,(H,24,25,27). The van der Waals surface area contributed by atoms with E-state index in [-0.39, 0.29) is 23.2 Å². The maximum atomic E-state index is 13.8. The minimum Gasteiger partial charge on any atom is -0.490 e. The van der Waals surface area contributed by atoms with Crippen molar-refractivity contribution in [3.8, 4) is 11.5 Å². The highest BCUT2D eigenvalue weighted by Gasteiger charge is 2.15. The van der Waals surface area contributed by atoms with Gasteiger partial charge in [0.15, 0.2) is 17.3 Å². The van der Waals surface area contributed by atoms with Crippen molar-refractivity contribution in [1.82, 2.24) is 9.78 Å². The molecule has 1 amide bonds. The number of ether oxygens (including phenoxy) is 2. The molecule has 0 saturated heterocycles. The number of nitrogens with one attached hydrogen (secondary N) is 1. The van der Waals surface area contributed by atoms with Crippen LogP contribution in [0.15, 0.2) is 48.7 Å². The predicted molar refractivity (Wildman–Crippen MR) is 109 cm³/mol. The molecule has 0 spiro atoms. The summed E-state index contributed by atoms with van der Waals surface area (Å²) in [6.45, 7) is 4.85. The van der Waals surface area contributed by atoms with Gasteiger partial charge in [-0.3, -0.25) is 9.48 Å². The molecule has 0 aliphatic carbocycles. The molecule has 0 radical (unpaired) electrons. The first kappa shape index (κ1) is 20.7. The molecule has 3 rings (SSSR count). The summed E-state index contributed by atoms with van der Waals surface area (Å²) in [5, 5.41) is 7.18. The number of aromatic nitrogens is 2. The number of halogens is 2. The first-order chi connectivity index (χ1) is 14.0. The molecule has 1 aromatic heterocycles. The van der Waals surface area contributed by atoms with E-state index in [1.165, 1.54) is 16.9 Å². The van der Waals surface area contributed by atoms with Gasteiger partial charge in [0, 0.05) is 17.3 Å². The van der Waals surface area contributed by atoms with Gasteiger partial charge in [0.2, 0.25) is 0 Å². The molecule has 8 heteroatoms. The number of rotatable bonds is 8. The fourth-order valence-electron chi connectivity index (χ4n) is 2.74. The molecule has 1 N–H and O–H groups in total. The fourth-order valence-corrected chi connectivity index (χ4v) is 2.93. The molecule has 1 heterocycles. The van der Waals surface area contributed by atoms with E-state index < -0.39 is 5.91 Å². The molecule has 0 bridgehead atoms. The largest absolute Gasteiger partial charge is 0.490 e. The van der Waals surface area contributed by atoms with E-state index in [0.29, 0.717) is 35.8 Å². The van der Waals surface area contributed by atoms with Gasteiger partial charge in [-0.05, 0) is 38.1 Å². The Morgan fingerprint density at radius 2 is 1.86 bits per heavy atom. The molecule has 0 fully saturated rings. The Balaban J connectivity index is 1.76. The number of benzene rings is 2. The third-order valence-corrected chi connectivity index (χ3v) is 4.32.